The van der Waals surface area contributed by atoms with Gasteiger partial charge in [-0.25, -0.2) is 0 Å². The van der Waals surface area contributed by atoms with Gasteiger partial charge in [0.2, 0.25) is 5.91 Å². The third-order valence-electron chi connectivity index (χ3n) is 3.61. The monoisotopic (exact) mass is 324 g/mol. The SMILES string of the molecule is C=CCN(Cc1ccc(NC(C)=O)cc1)Cc1cccc(OC)c1. The first-order valence-corrected chi connectivity index (χ1v) is 7.93. The summed E-state index contributed by atoms with van der Waals surface area (Å²) in [6, 6.07) is 16.0. The average molecular weight is 324 g/mol. The number of hydrogen-bond acceptors (Lipinski definition) is 3. The molecule has 0 aromatic heterocycles. The van der Waals surface area contributed by atoms with Gasteiger partial charge in [0, 0.05) is 32.2 Å². The largest absolute Gasteiger partial charge is 0.497 e. The molecular weight excluding hydrogens is 300 g/mol. The minimum absolute atomic E-state index is 0.0611. The number of carbonyl (C=O) groups is 1. The van der Waals surface area contributed by atoms with Gasteiger partial charge in [0.15, 0.2) is 0 Å². The maximum absolute atomic E-state index is 11.1. The van der Waals surface area contributed by atoms with Crippen LogP contribution in [0.2, 0.25) is 0 Å². The Labute approximate surface area is 143 Å². The van der Waals surface area contributed by atoms with Crippen molar-refractivity contribution < 1.29 is 9.53 Å². The highest BCUT2D eigenvalue weighted by Crippen LogP contribution is 2.17. The molecule has 0 radical (unpaired) electrons. The number of ether oxygens (including phenoxy) is 1. The first kappa shape index (κ1) is 17.8. The zero-order valence-electron chi connectivity index (χ0n) is 14.3. The molecular formula is C20H24N2O2. The molecule has 126 valence electrons. The van der Waals surface area contributed by atoms with Crippen LogP contribution in [0.5, 0.6) is 5.75 Å². The van der Waals surface area contributed by atoms with Gasteiger partial charge in [-0.1, -0.05) is 30.3 Å². The molecule has 0 bridgehead atoms. The van der Waals surface area contributed by atoms with E-state index in [0.29, 0.717) is 0 Å². The molecule has 2 rings (SSSR count). The molecule has 0 aliphatic rings. The lowest BCUT2D eigenvalue weighted by atomic mass is 10.1. The number of hydrogen-bond donors (Lipinski definition) is 1. The van der Waals surface area contributed by atoms with E-state index in [9.17, 15) is 4.79 Å². The predicted molar refractivity (Wildman–Crippen MR) is 98.1 cm³/mol. The van der Waals surface area contributed by atoms with Gasteiger partial charge >= 0.3 is 0 Å². The molecule has 0 saturated carbocycles. The summed E-state index contributed by atoms with van der Waals surface area (Å²) >= 11 is 0. The van der Waals surface area contributed by atoms with Crippen molar-refractivity contribution in [2.45, 2.75) is 20.0 Å². The summed E-state index contributed by atoms with van der Waals surface area (Å²) in [5.41, 5.74) is 3.20. The minimum Gasteiger partial charge on any atom is -0.497 e. The van der Waals surface area contributed by atoms with Crippen molar-refractivity contribution in [3.63, 3.8) is 0 Å². The minimum atomic E-state index is -0.0611. The molecule has 4 heteroatoms. The zero-order chi connectivity index (χ0) is 17.4. The van der Waals surface area contributed by atoms with Gasteiger partial charge in [0.1, 0.15) is 5.75 Å². The Balaban J connectivity index is 2.04. The van der Waals surface area contributed by atoms with Gasteiger partial charge in [0.25, 0.3) is 0 Å². The van der Waals surface area contributed by atoms with E-state index in [2.05, 4.69) is 28.9 Å². The number of anilines is 1. The lowest BCUT2D eigenvalue weighted by Crippen LogP contribution is -2.22. The fourth-order valence-corrected chi connectivity index (χ4v) is 2.55. The van der Waals surface area contributed by atoms with Crippen molar-refractivity contribution in [2.75, 3.05) is 19.0 Å². The summed E-state index contributed by atoms with van der Waals surface area (Å²) in [6.45, 7) is 7.78. The molecule has 24 heavy (non-hydrogen) atoms. The van der Waals surface area contributed by atoms with Gasteiger partial charge < -0.3 is 10.1 Å². The van der Waals surface area contributed by atoms with Crippen LogP contribution in [0.15, 0.2) is 61.2 Å². The molecule has 0 atom stereocenters. The van der Waals surface area contributed by atoms with Crippen LogP contribution < -0.4 is 10.1 Å². The fraction of sp³-hybridized carbons (Fsp3) is 0.250. The van der Waals surface area contributed by atoms with E-state index >= 15 is 0 Å². The normalized spacial score (nSPS) is 10.5. The predicted octanol–water partition coefficient (Wildman–Crippen LogP) is 3.84. The Hall–Kier alpha value is -2.59. The first-order chi connectivity index (χ1) is 11.6. The third kappa shape index (κ3) is 5.56. The number of benzene rings is 2. The van der Waals surface area contributed by atoms with Crippen molar-refractivity contribution in [3.8, 4) is 5.75 Å². The van der Waals surface area contributed by atoms with Crippen LogP contribution in [0.3, 0.4) is 0 Å². The summed E-state index contributed by atoms with van der Waals surface area (Å²) in [4.78, 5) is 13.4. The number of amides is 1. The summed E-state index contributed by atoms with van der Waals surface area (Å²) in [5.74, 6) is 0.805. The van der Waals surface area contributed by atoms with E-state index < -0.39 is 0 Å². The van der Waals surface area contributed by atoms with Gasteiger partial charge in [-0.2, -0.15) is 0 Å². The Bertz CT molecular complexity index is 680. The highest BCUT2D eigenvalue weighted by Gasteiger charge is 2.07. The van der Waals surface area contributed by atoms with E-state index in [1.165, 1.54) is 18.1 Å². The number of nitrogens with one attached hydrogen (secondary N) is 1. The number of nitrogens with zero attached hydrogens (tertiary/aromatic N) is 1. The van der Waals surface area contributed by atoms with Crippen LogP contribution in [0.1, 0.15) is 18.1 Å². The molecule has 0 unspecified atom stereocenters. The maximum Gasteiger partial charge on any atom is 0.221 e. The molecule has 2 aromatic carbocycles. The Morgan fingerprint density at radius 1 is 1.17 bits per heavy atom. The van der Waals surface area contributed by atoms with Gasteiger partial charge in [-0.15, -0.1) is 6.58 Å². The fourth-order valence-electron chi connectivity index (χ4n) is 2.55. The van der Waals surface area contributed by atoms with Gasteiger partial charge in [-0.05, 0) is 35.4 Å². The standard InChI is InChI=1S/C20H24N2O2/c1-4-12-22(15-18-6-5-7-20(13-18)24-3)14-17-8-10-19(11-9-17)21-16(2)23/h4-11,13H,1,12,14-15H2,2-3H3,(H,21,23). The van der Waals surface area contributed by atoms with E-state index in [1.54, 1.807) is 7.11 Å². The molecule has 0 fully saturated rings. The van der Waals surface area contributed by atoms with E-state index in [-0.39, 0.29) is 5.91 Å². The molecule has 1 N–H and O–H groups in total. The number of carbonyl (C=O) groups excluding carboxylic acids is 1. The lowest BCUT2D eigenvalue weighted by Gasteiger charge is -2.21. The average Bonchev–Trinajstić information content (AvgIpc) is 2.56. The van der Waals surface area contributed by atoms with Crippen LogP contribution in [-0.2, 0) is 17.9 Å². The van der Waals surface area contributed by atoms with Crippen molar-refractivity contribution in [1.82, 2.24) is 4.90 Å². The second kappa shape index (κ2) is 8.89. The molecule has 0 aliphatic carbocycles. The summed E-state index contributed by atoms with van der Waals surface area (Å²) in [6.07, 6.45) is 1.91. The smallest absolute Gasteiger partial charge is 0.221 e. The van der Waals surface area contributed by atoms with Crippen molar-refractivity contribution >= 4 is 11.6 Å². The van der Waals surface area contributed by atoms with Gasteiger partial charge in [-0.3, -0.25) is 9.69 Å². The van der Waals surface area contributed by atoms with E-state index in [1.807, 2.05) is 42.5 Å². The van der Waals surface area contributed by atoms with Crippen LogP contribution in [0.25, 0.3) is 0 Å². The Morgan fingerprint density at radius 3 is 2.50 bits per heavy atom. The first-order valence-electron chi connectivity index (χ1n) is 7.93. The van der Waals surface area contributed by atoms with Crippen LogP contribution in [0.4, 0.5) is 5.69 Å². The molecule has 0 aliphatic heterocycles. The van der Waals surface area contributed by atoms with E-state index in [0.717, 1.165) is 31.1 Å². The molecule has 0 heterocycles. The number of rotatable bonds is 8. The molecule has 1 amide bonds. The molecule has 2 aromatic rings. The van der Waals surface area contributed by atoms with Crippen molar-refractivity contribution in [1.29, 1.82) is 0 Å². The zero-order valence-corrected chi connectivity index (χ0v) is 14.3. The lowest BCUT2D eigenvalue weighted by molar-refractivity contribution is -0.114. The van der Waals surface area contributed by atoms with Crippen LogP contribution >= 0.6 is 0 Å². The van der Waals surface area contributed by atoms with E-state index in [4.69, 9.17) is 4.74 Å². The molecule has 0 spiro atoms. The highest BCUT2D eigenvalue weighted by atomic mass is 16.5. The number of methoxy groups -OCH3 is 1. The Morgan fingerprint density at radius 2 is 1.88 bits per heavy atom. The van der Waals surface area contributed by atoms with Crippen molar-refractivity contribution in [3.05, 3.63) is 72.3 Å². The molecule has 0 saturated heterocycles. The van der Waals surface area contributed by atoms with Crippen LogP contribution in [0, 0.1) is 0 Å². The summed E-state index contributed by atoms with van der Waals surface area (Å²) in [7, 11) is 1.68. The Kier molecular flexibility index (Phi) is 6.58. The maximum atomic E-state index is 11.1. The topological polar surface area (TPSA) is 41.6 Å². The second-order valence-electron chi connectivity index (χ2n) is 5.69. The van der Waals surface area contributed by atoms with Gasteiger partial charge in [0.05, 0.1) is 7.11 Å². The summed E-state index contributed by atoms with van der Waals surface area (Å²) < 4.78 is 5.29. The van der Waals surface area contributed by atoms with Crippen molar-refractivity contribution in [2.24, 2.45) is 0 Å². The third-order valence-corrected chi connectivity index (χ3v) is 3.61. The highest BCUT2D eigenvalue weighted by molar-refractivity contribution is 5.88. The summed E-state index contributed by atoms with van der Waals surface area (Å²) in [5, 5.41) is 2.78. The second-order valence-corrected chi connectivity index (χ2v) is 5.69. The quantitative estimate of drug-likeness (QED) is 0.750. The van der Waals surface area contributed by atoms with Crippen LogP contribution in [-0.4, -0.2) is 24.5 Å². The molecule has 4 nitrogen and oxygen atoms in total.